The summed E-state index contributed by atoms with van der Waals surface area (Å²) in [6.07, 6.45) is 1.31. The van der Waals surface area contributed by atoms with Crippen molar-refractivity contribution < 1.29 is 14.7 Å². The minimum atomic E-state index is -0.855. The molecule has 2 N–H and O–H groups in total. The van der Waals surface area contributed by atoms with Gasteiger partial charge in [-0.1, -0.05) is 0 Å². The van der Waals surface area contributed by atoms with E-state index in [-0.39, 0.29) is 15.7 Å². The Morgan fingerprint density at radius 1 is 0.886 bits per heavy atom. The first kappa shape index (κ1) is 26.8. The quantitative estimate of drug-likeness (QED) is 0.261. The molecule has 0 fully saturated rings. The van der Waals surface area contributed by atoms with Crippen LogP contribution in [0.15, 0.2) is 60.7 Å². The summed E-state index contributed by atoms with van der Waals surface area (Å²) in [5, 5.41) is 12.7. The predicted octanol–water partition coefficient (Wildman–Crippen LogP) is 7.00. The summed E-state index contributed by atoms with van der Waals surface area (Å²) in [5.74, 6) is -0.376. The Morgan fingerprint density at radius 3 is 2.23 bits per heavy atom. The van der Waals surface area contributed by atoms with E-state index in [0.717, 1.165) is 23.4 Å². The monoisotopic (exact) mass is 532 g/mol. The molecule has 4 nitrogen and oxygen atoms in total. The van der Waals surface area contributed by atoms with Crippen molar-refractivity contribution in [1.82, 2.24) is 0 Å². The molecule has 0 spiro atoms. The van der Waals surface area contributed by atoms with Gasteiger partial charge in [0.1, 0.15) is 0 Å². The molecule has 0 aliphatic rings. The summed E-state index contributed by atoms with van der Waals surface area (Å²) in [4.78, 5) is 25.0. The second-order valence-corrected chi connectivity index (χ2v) is 12.5. The number of carboxylic acids is 1. The molecular formula is C30H35AsNO3. The molecule has 3 aromatic carbocycles. The fourth-order valence-electron chi connectivity index (χ4n) is 4.32. The standard InChI is InChI=1S/C30H35AsNO3/c1-19(2)13-28(24-8-6-7-20(3)15-24)31-30(35)27-18-25(11-9-23(27)10-12-29(33)34)32-26-16-21(4)14-22(5)17-26/h6-9,11,14-19,28,32H,10,12-13H2,1-5H3,(H,33,34)/t28-/m1/s1. The molecule has 0 saturated heterocycles. The van der Waals surface area contributed by atoms with Gasteiger partial charge in [-0.25, -0.2) is 0 Å². The maximum atomic E-state index is 13.7. The van der Waals surface area contributed by atoms with Crippen LogP contribution in [0.1, 0.15) is 69.6 Å². The normalized spacial score (nSPS) is 12.3. The molecule has 0 bridgehead atoms. The van der Waals surface area contributed by atoms with Crippen LogP contribution in [0.5, 0.6) is 0 Å². The van der Waals surface area contributed by atoms with Gasteiger partial charge in [0.2, 0.25) is 0 Å². The van der Waals surface area contributed by atoms with E-state index in [1.807, 2.05) is 18.2 Å². The van der Waals surface area contributed by atoms with Gasteiger partial charge >= 0.3 is 216 Å². The first-order valence-corrected chi connectivity index (χ1v) is 14.1. The van der Waals surface area contributed by atoms with Crippen LogP contribution in [0, 0.1) is 26.7 Å². The number of carbonyl (C=O) groups excluding carboxylic acids is 1. The first-order chi connectivity index (χ1) is 16.6. The van der Waals surface area contributed by atoms with Crippen molar-refractivity contribution in [2.45, 2.75) is 58.6 Å². The summed E-state index contributed by atoms with van der Waals surface area (Å²) in [6, 6.07) is 20.5. The van der Waals surface area contributed by atoms with Crippen molar-refractivity contribution in [1.29, 1.82) is 0 Å². The molecule has 3 rings (SSSR count). The Bertz CT molecular complexity index is 1180. The van der Waals surface area contributed by atoms with Crippen LogP contribution < -0.4 is 5.32 Å². The van der Waals surface area contributed by atoms with E-state index in [4.69, 9.17) is 0 Å². The van der Waals surface area contributed by atoms with E-state index < -0.39 is 21.7 Å². The molecule has 0 saturated carbocycles. The van der Waals surface area contributed by atoms with Gasteiger partial charge in [0.25, 0.3) is 0 Å². The fourth-order valence-corrected chi connectivity index (χ4v) is 7.40. The van der Waals surface area contributed by atoms with E-state index in [1.54, 1.807) is 0 Å². The minimum absolute atomic E-state index is 0.00787. The van der Waals surface area contributed by atoms with Crippen LogP contribution in [0.25, 0.3) is 0 Å². The van der Waals surface area contributed by atoms with Crippen molar-refractivity contribution in [3.05, 3.63) is 94.0 Å². The Balaban J connectivity index is 1.93. The molecule has 5 heteroatoms. The van der Waals surface area contributed by atoms with Crippen LogP contribution in [0.2, 0.25) is 0 Å². The van der Waals surface area contributed by atoms with Crippen LogP contribution in [-0.4, -0.2) is 31.4 Å². The van der Waals surface area contributed by atoms with E-state index in [9.17, 15) is 14.7 Å². The average Bonchev–Trinajstić information content (AvgIpc) is 2.76. The zero-order valence-corrected chi connectivity index (χ0v) is 23.1. The first-order valence-electron chi connectivity index (χ1n) is 12.1. The summed E-state index contributed by atoms with van der Waals surface area (Å²) < 4.78 is 0.361. The molecule has 0 aromatic heterocycles. The van der Waals surface area contributed by atoms with Crippen LogP contribution in [0.3, 0.4) is 0 Å². The van der Waals surface area contributed by atoms with Gasteiger partial charge in [-0.05, 0) is 0 Å². The Hall–Kier alpha value is -2.84. The number of benzene rings is 3. The van der Waals surface area contributed by atoms with Gasteiger partial charge in [-0.2, -0.15) is 0 Å². The van der Waals surface area contributed by atoms with Crippen LogP contribution >= 0.6 is 0 Å². The van der Waals surface area contributed by atoms with E-state index in [0.29, 0.717) is 17.9 Å². The second kappa shape index (κ2) is 12.2. The van der Waals surface area contributed by atoms with Crippen LogP contribution in [0.4, 0.5) is 11.4 Å². The third-order valence-electron chi connectivity index (χ3n) is 5.85. The van der Waals surface area contributed by atoms with Crippen molar-refractivity contribution in [3.8, 4) is 0 Å². The van der Waals surface area contributed by atoms with Crippen LogP contribution in [-0.2, 0) is 11.2 Å². The molecule has 183 valence electrons. The number of hydrogen-bond donors (Lipinski definition) is 2. The van der Waals surface area contributed by atoms with E-state index >= 15 is 0 Å². The number of aryl methyl sites for hydroxylation is 4. The zero-order valence-electron chi connectivity index (χ0n) is 21.3. The van der Waals surface area contributed by atoms with Gasteiger partial charge in [-0.15, -0.1) is 0 Å². The molecule has 0 amide bonds. The van der Waals surface area contributed by atoms with Gasteiger partial charge in [0, 0.05) is 0 Å². The molecule has 1 atom stereocenters. The topological polar surface area (TPSA) is 66.4 Å². The Labute approximate surface area is 215 Å². The molecule has 3 aromatic rings. The van der Waals surface area contributed by atoms with Gasteiger partial charge in [-0.3, -0.25) is 0 Å². The van der Waals surface area contributed by atoms with Crippen molar-refractivity contribution >= 4 is 37.7 Å². The van der Waals surface area contributed by atoms with E-state index in [2.05, 4.69) is 82.4 Å². The summed E-state index contributed by atoms with van der Waals surface area (Å²) in [6.45, 7) is 10.6. The number of hydrogen-bond acceptors (Lipinski definition) is 3. The number of nitrogens with one attached hydrogen (secondary N) is 1. The Morgan fingerprint density at radius 2 is 1.60 bits per heavy atom. The second-order valence-electron chi connectivity index (χ2n) is 9.76. The van der Waals surface area contributed by atoms with Crippen molar-refractivity contribution in [3.63, 3.8) is 0 Å². The maximum absolute atomic E-state index is 13.7. The van der Waals surface area contributed by atoms with Gasteiger partial charge in [0.05, 0.1) is 0 Å². The molecule has 0 aliphatic carbocycles. The zero-order chi connectivity index (χ0) is 25.5. The Kier molecular flexibility index (Phi) is 9.34. The molecule has 0 unspecified atom stereocenters. The summed E-state index contributed by atoms with van der Waals surface area (Å²) in [7, 11) is 0. The predicted molar refractivity (Wildman–Crippen MR) is 145 cm³/mol. The van der Waals surface area contributed by atoms with Crippen molar-refractivity contribution in [2.24, 2.45) is 5.92 Å². The number of carboxylic acid groups (broad SMARTS) is 1. The van der Waals surface area contributed by atoms with Gasteiger partial charge < -0.3 is 0 Å². The average molecular weight is 533 g/mol. The number of aliphatic carboxylic acids is 1. The third kappa shape index (κ3) is 8.11. The summed E-state index contributed by atoms with van der Waals surface area (Å²) in [5.41, 5.74) is 8.05. The molecule has 1 radical (unpaired) electrons. The molecule has 35 heavy (non-hydrogen) atoms. The molecular weight excluding hydrogens is 497 g/mol. The molecule has 0 heterocycles. The number of carbonyl (C=O) groups is 2. The summed E-state index contributed by atoms with van der Waals surface area (Å²) >= 11 is -0.665. The van der Waals surface area contributed by atoms with E-state index in [1.165, 1.54) is 22.3 Å². The number of anilines is 2. The molecule has 0 aliphatic heterocycles. The van der Waals surface area contributed by atoms with Gasteiger partial charge in [0.15, 0.2) is 0 Å². The van der Waals surface area contributed by atoms with Crippen molar-refractivity contribution in [2.75, 3.05) is 5.32 Å². The number of rotatable bonds is 11. The third-order valence-corrected chi connectivity index (χ3v) is 8.57. The SMILES string of the molecule is Cc1cc(C)cc(Nc2ccc(CCC(=O)O)c(C(=O)[As][C@H](CC(C)C)c3cccc(C)c3)c2)c1. The fraction of sp³-hybridized carbons (Fsp3) is 0.333.